The maximum atomic E-state index is 12.8. The van der Waals surface area contributed by atoms with Gasteiger partial charge in [-0.15, -0.1) is 11.3 Å². The molecule has 1 saturated heterocycles. The highest BCUT2D eigenvalue weighted by atomic mass is 35.5. The van der Waals surface area contributed by atoms with E-state index in [0.717, 1.165) is 16.7 Å². The molecule has 0 N–H and O–H groups in total. The Bertz CT molecular complexity index is 1260. The smallest absolute Gasteiger partial charge is 0.353 e. The molecule has 3 aromatic rings. The minimum absolute atomic E-state index is 0.0914. The fraction of sp³-hybridized carbons (Fsp3) is 0.125. The number of thioether (sulfide) groups is 1. The standard InChI is InChI=1S/C24H18ClNO6S2/c1-30-19-13-15(8-9-18(19)32-23(28)20-7-4-12-33-20)14-21-22(27)26(24(29)34-21)10-11-31-17-6-3-2-5-16(17)25/h2-9,12-14H,10-11H2,1H3/b21-14-. The molecular formula is C24H18ClNO6S2. The van der Waals surface area contributed by atoms with Crippen molar-refractivity contribution >= 4 is 57.9 Å². The number of methoxy groups -OCH3 is 1. The molecule has 2 aromatic carbocycles. The largest absolute Gasteiger partial charge is 0.493 e. The summed E-state index contributed by atoms with van der Waals surface area (Å²) in [5.41, 5.74) is 0.616. The second-order valence-corrected chi connectivity index (χ2v) is 9.24. The number of hydrogen-bond donors (Lipinski definition) is 0. The minimum Gasteiger partial charge on any atom is -0.493 e. The third kappa shape index (κ3) is 5.44. The number of para-hydroxylation sites is 1. The lowest BCUT2D eigenvalue weighted by molar-refractivity contribution is -0.123. The molecule has 0 radical (unpaired) electrons. The van der Waals surface area contributed by atoms with Crippen molar-refractivity contribution in [1.29, 1.82) is 0 Å². The van der Waals surface area contributed by atoms with Gasteiger partial charge in [0, 0.05) is 0 Å². The average Bonchev–Trinajstić information content (AvgIpc) is 3.46. The Morgan fingerprint density at radius 1 is 1.06 bits per heavy atom. The van der Waals surface area contributed by atoms with Crippen LogP contribution in [0.2, 0.25) is 5.02 Å². The van der Waals surface area contributed by atoms with E-state index in [1.807, 2.05) is 0 Å². The van der Waals surface area contributed by atoms with Crippen LogP contribution in [0, 0.1) is 0 Å². The monoisotopic (exact) mass is 515 g/mol. The topological polar surface area (TPSA) is 82.1 Å². The molecule has 2 heterocycles. The molecule has 1 aliphatic rings. The van der Waals surface area contributed by atoms with Crippen LogP contribution < -0.4 is 14.2 Å². The molecule has 7 nitrogen and oxygen atoms in total. The molecular weight excluding hydrogens is 498 g/mol. The highest BCUT2D eigenvalue weighted by molar-refractivity contribution is 8.18. The Balaban J connectivity index is 1.42. The van der Waals surface area contributed by atoms with Gasteiger partial charge in [-0.05, 0) is 59.1 Å². The van der Waals surface area contributed by atoms with Gasteiger partial charge in [0.25, 0.3) is 11.1 Å². The predicted octanol–water partition coefficient (Wildman–Crippen LogP) is 5.74. The normalized spacial score (nSPS) is 14.5. The van der Waals surface area contributed by atoms with Crippen LogP contribution in [-0.4, -0.2) is 42.3 Å². The van der Waals surface area contributed by atoms with Crippen molar-refractivity contribution in [2.24, 2.45) is 0 Å². The molecule has 0 unspecified atom stereocenters. The van der Waals surface area contributed by atoms with Gasteiger partial charge >= 0.3 is 5.97 Å². The van der Waals surface area contributed by atoms with Crippen LogP contribution in [0.1, 0.15) is 15.2 Å². The molecule has 0 aliphatic carbocycles. The van der Waals surface area contributed by atoms with Crippen LogP contribution in [-0.2, 0) is 4.79 Å². The van der Waals surface area contributed by atoms with E-state index in [1.165, 1.54) is 18.4 Å². The second-order valence-electron chi connectivity index (χ2n) is 6.89. The van der Waals surface area contributed by atoms with Gasteiger partial charge in [-0.3, -0.25) is 14.5 Å². The molecule has 10 heteroatoms. The van der Waals surface area contributed by atoms with E-state index in [4.69, 9.17) is 25.8 Å². The lowest BCUT2D eigenvalue weighted by Crippen LogP contribution is -2.32. The van der Waals surface area contributed by atoms with Crippen LogP contribution in [0.15, 0.2) is 64.9 Å². The summed E-state index contributed by atoms with van der Waals surface area (Å²) >= 11 is 8.18. The summed E-state index contributed by atoms with van der Waals surface area (Å²) < 4.78 is 16.3. The molecule has 174 valence electrons. The van der Waals surface area contributed by atoms with Gasteiger partial charge in [0.2, 0.25) is 0 Å². The first-order chi connectivity index (χ1) is 16.5. The summed E-state index contributed by atoms with van der Waals surface area (Å²) in [5.74, 6) is 0.165. The van der Waals surface area contributed by atoms with E-state index >= 15 is 0 Å². The molecule has 0 spiro atoms. The van der Waals surface area contributed by atoms with Gasteiger partial charge < -0.3 is 14.2 Å². The van der Waals surface area contributed by atoms with Crippen LogP contribution in [0.5, 0.6) is 17.2 Å². The van der Waals surface area contributed by atoms with E-state index in [2.05, 4.69) is 0 Å². The summed E-state index contributed by atoms with van der Waals surface area (Å²) in [7, 11) is 1.45. The molecule has 1 aliphatic heterocycles. The quantitative estimate of drug-likeness (QED) is 0.215. The first kappa shape index (κ1) is 23.9. The van der Waals surface area contributed by atoms with Crippen LogP contribution >= 0.6 is 34.7 Å². The van der Waals surface area contributed by atoms with Crippen molar-refractivity contribution in [2.45, 2.75) is 0 Å². The summed E-state index contributed by atoms with van der Waals surface area (Å²) in [4.78, 5) is 39.2. The summed E-state index contributed by atoms with van der Waals surface area (Å²) in [6.45, 7) is 0.210. The van der Waals surface area contributed by atoms with Crippen LogP contribution in [0.3, 0.4) is 0 Å². The van der Waals surface area contributed by atoms with Crippen molar-refractivity contribution in [3.05, 3.63) is 80.3 Å². The number of hydrogen-bond acceptors (Lipinski definition) is 8. The Kier molecular flexibility index (Phi) is 7.56. The zero-order chi connectivity index (χ0) is 24.1. The van der Waals surface area contributed by atoms with Gasteiger partial charge in [0.05, 0.1) is 23.6 Å². The van der Waals surface area contributed by atoms with Gasteiger partial charge in [0.15, 0.2) is 11.5 Å². The number of amides is 2. The van der Waals surface area contributed by atoms with Gasteiger partial charge in [-0.25, -0.2) is 4.79 Å². The number of carbonyl (C=O) groups is 3. The summed E-state index contributed by atoms with van der Waals surface area (Å²) in [6, 6.07) is 15.3. The highest BCUT2D eigenvalue weighted by Crippen LogP contribution is 2.35. The van der Waals surface area contributed by atoms with Crippen molar-refractivity contribution in [3.63, 3.8) is 0 Å². The lowest BCUT2D eigenvalue weighted by Gasteiger charge is -2.13. The van der Waals surface area contributed by atoms with Crippen molar-refractivity contribution in [1.82, 2.24) is 4.90 Å². The Morgan fingerprint density at radius 3 is 2.62 bits per heavy atom. The maximum absolute atomic E-state index is 12.8. The number of ether oxygens (including phenoxy) is 3. The Labute approximate surface area is 208 Å². The Hall–Kier alpha value is -3.27. The molecule has 34 heavy (non-hydrogen) atoms. The average molecular weight is 516 g/mol. The third-order valence-corrected chi connectivity index (χ3v) is 6.76. The minimum atomic E-state index is -0.485. The number of thiophene rings is 1. The number of benzene rings is 2. The number of esters is 1. The van der Waals surface area contributed by atoms with Crippen molar-refractivity contribution in [2.75, 3.05) is 20.3 Å². The molecule has 0 atom stereocenters. The number of imide groups is 1. The molecule has 0 saturated carbocycles. The van der Waals surface area contributed by atoms with E-state index in [1.54, 1.807) is 66.1 Å². The number of halogens is 1. The molecule has 4 rings (SSSR count). The van der Waals surface area contributed by atoms with E-state index in [9.17, 15) is 14.4 Å². The summed E-state index contributed by atoms with van der Waals surface area (Å²) in [6.07, 6.45) is 1.59. The fourth-order valence-electron chi connectivity index (χ4n) is 3.06. The van der Waals surface area contributed by atoms with E-state index < -0.39 is 11.9 Å². The SMILES string of the molecule is COc1cc(/C=C2\SC(=O)N(CCOc3ccccc3Cl)C2=O)ccc1OC(=O)c1cccs1. The van der Waals surface area contributed by atoms with E-state index in [-0.39, 0.29) is 29.0 Å². The van der Waals surface area contributed by atoms with E-state index in [0.29, 0.717) is 27.0 Å². The molecule has 2 amide bonds. The first-order valence-corrected chi connectivity index (χ1v) is 12.1. The van der Waals surface area contributed by atoms with Crippen molar-refractivity contribution in [3.8, 4) is 17.2 Å². The highest BCUT2D eigenvalue weighted by Gasteiger charge is 2.34. The van der Waals surface area contributed by atoms with Crippen LogP contribution in [0.25, 0.3) is 6.08 Å². The van der Waals surface area contributed by atoms with Crippen molar-refractivity contribution < 1.29 is 28.6 Å². The van der Waals surface area contributed by atoms with Gasteiger partial charge in [0.1, 0.15) is 17.2 Å². The molecule has 1 fully saturated rings. The zero-order valence-corrected chi connectivity index (χ0v) is 20.2. The fourth-order valence-corrected chi connectivity index (χ4v) is 4.71. The third-order valence-electron chi connectivity index (χ3n) is 4.69. The Morgan fingerprint density at radius 2 is 1.88 bits per heavy atom. The number of carbonyl (C=O) groups excluding carboxylic acids is 3. The lowest BCUT2D eigenvalue weighted by atomic mass is 10.2. The molecule has 1 aromatic heterocycles. The predicted molar refractivity (Wildman–Crippen MR) is 132 cm³/mol. The number of nitrogens with zero attached hydrogens (tertiary/aromatic N) is 1. The summed E-state index contributed by atoms with van der Waals surface area (Å²) in [5, 5.41) is 1.86. The first-order valence-electron chi connectivity index (χ1n) is 10.0. The van der Waals surface area contributed by atoms with Crippen LogP contribution in [0.4, 0.5) is 4.79 Å². The second kappa shape index (κ2) is 10.8. The maximum Gasteiger partial charge on any atom is 0.353 e. The molecule has 0 bridgehead atoms. The van der Waals surface area contributed by atoms with Gasteiger partial charge in [-0.2, -0.15) is 0 Å². The van der Waals surface area contributed by atoms with Gasteiger partial charge in [-0.1, -0.05) is 35.9 Å². The zero-order valence-electron chi connectivity index (χ0n) is 17.9. The number of rotatable bonds is 8.